The molecule has 0 radical (unpaired) electrons. The quantitative estimate of drug-likeness (QED) is 0.726. The zero-order valence-corrected chi connectivity index (χ0v) is 9.86. The van der Waals surface area contributed by atoms with Crippen LogP contribution in [0, 0.1) is 5.92 Å². The average molecular weight is 217 g/mol. The lowest BCUT2D eigenvalue weighted by atomic mass is 9.99. The molecule has 0 amide bonds. The van der Waals surface area contributed by atoms with Crippen molar-refractivity contribution in [2.75, 3.05) is 13.1 Å². The maximum atomic E-state index is 10.5. The van der Waals surface area contributed by atoms with Crippen LogP contribution < -0.4 is 0 Å². The van der Waals surface area contributed by atoms with Crippen LogP contribution >= 0.6 is 0 Å². The van der Waals surface area contributed by atoms with E-state index in [9.17, 15) is 4.79 Å². The largest absolute Gasteiger partial charge is 0.299 e. The summed E-state index contributed by atoms with van der Waals surface area (Å²) in [4.78, 5) is 13.0. The van der Waals surface area contributed by atoms with Gasteiger partial charge in [0.1, 0.15) is 6.29 Å². The van der Waals surface area contributed by atoms with E-state index in [1.807, 2.05) is 12.1 Å². The van der Waals surface area contributed by atoms with Crippen molar-refractivity contribution in [3.8, 4) is 0 Å². The van der Waals surface area contributed by atoms with Crippen LogP contribution in [0.4, 0.5) is 0 Å². The lowest BCUT2D eigenvalue weighted by Crippen LogP contribution is -2.32. The first-order valence-corrected chi connectivity index (χ1v) is 6.04. The lowest BCUT2D eigenvalue weighted by Gasteiger charge is -2.30. The molecule has 2 heteroatoms. The summed E-state index contributed by atoms with van der Waals surface area (Å²) in [5, 5.41) is 0. The van der Waals surface area contributed by atoms with E-state index in [4.69, 9.17) is 0 Å². The summed E-state index contributed by atoms with van der Waals surface area (Å²) in [6, 6.07) is 7.91. The fourth-order valence-electron chi connectivity index (χ4n) is 2.18. The molecule has 0 saturated carbocycles. The van der Waals surface area contributed by atoms with Crippen LogP contribution in [0.5, 0.6) is 0 Å². The topological polar surface area (TPSA) is 20.3 Å². The number of carbonyl (C=O) groups is 1. The van der Waals surface area contributed by atoms with E-state index in [1.165, 1.54) is 31.5 Å². The Labute approximate surface area is 97.3 Å². The van der Waals surface area contributed by atoms with Gasteiger partial charge in [0.2, 0.25) is 0 Å². The molecule has 16 heavy (non-hydrogen) atoms. The average Bonchev–Trinajstić information content (AvgIpc) is 2.33. The Balaban J connectivity index is 1.91. The van der Waals surface area contributed by atoms with Crippen LogP contribution in [-0.4, -0.2) is 24.3 Å². The summed E-state index contributed by atoms with van der Waals surface area (Å²) in [5.74, 6) is 0.883. The number of piperidine rings is 1. The van der Waals surface area contributed by atoms with E-state index < -0.39 is 0 Å². The Morgan fingerprint density at radius 3 is 2.44 bits per heavy atom. The normalized spacial score (nSPS) is 18.6. The van der Waals surface area contributed by atoms with Crippen LogP contribution in [-0.2, 0) is 6.54 Å². The molecule has 0 aliphatic carbocycles. The van der Waals surface area contributed by atoms with Gasteiger partial charge < -0.3 is 0 Å². The number of benzene rings is 1. The Kier molecular flexibility index (Phi) is 3.73. The van der Waals surface area contributed by atoms with Gasteiger partial charge in [-0.25, -0.2) is 0 Å². The number of aldehydes is 1. The van der Waals surface area contributed by atoms with Crippen molar-refractivity contribution in [1.29, 1.82) is 0 Å². The van der Waals surface area contributed by atoms with E-state index in [-0.39, 0.29) is 0 Å². The van der Waals surface area contributed by atoms with Gasteiger partial charge in [-0.05, 0) is 37.4 Å². The van der Waals surface area contributed by atoms with Gasteiger partial charge in [0.15, 0.2) is 0 Å². The predicted molar refractivity (Wildman–Crippen MR) is 65.5 cm³/mol. The molecule has 0 unspecified atom stereocenters. The van der Waals surface area contributed by atoms with Crippen LogP contribution in [0.1, 0.15) is 35.7 Å². The molecule has 1 aromatic rings. The monoisotopic (exact) mass is 217 g/mol. The first kappa shape index (κ1) is 11.3. The van der Waals surface area contributed by atoms with E-state index in [1.54, 1.807) is 0 Å². The molecule has 2 nitrogen and oxygen atoms in total. The highest BCUT2D eigenvalue weighted by molar-refractivity contribution is 5.74. The van der Waals surface area contributed by atoms with Gasteiger partial charge in [-0.15, -0.1) is 0 Å². The Bertz CT molecular complexity index is 336. The lowest BCUT2D eigenvalue weighted by molar-refractivity contribution is 0.112. The third-order valence-corrected chi connectivity index (χ3v) is 3.40. The number of rotatable bonds is 3. The van der Waals surface area contributed by atoms with E-state index in [0.29, 0.717) is 0 Å². The standard InChI is InChI=1S/C14H19NO/c1-12-6-8-15(9-7-12)10-13-2-4-14(11-16)5-3-13/h2-5,11-12H,6-10H2,1H3. The zero-order valence-electron chi connectivity index (χ0n) is 9.86. The molecule has 0 spiro atoms. The first-order valence-electron chi connectivity index (χ1n) is 6.04. The van der Waals surface area contributed by atoms with Crippen LogP contribution in [0.15, 0.2) is 24.3 Å². The summed E-state index contributed by atoms with van der Waals surface area (Å²) in [7, 11) is 0. The van der Waals surface area contributed by atoms with E-state index in [2.05, 4.69) is 24.0 Å². The highest BCUT2D eigenvalue weighted by Gasteiger charge is 2.15. The van der Waals surface area contributed by atoms with Gasteiger partial charge in [-0.2, -0.15) is 0 Å². The molecule has 0 N–H and O–H groups in total. The van der Waals surface area contributed by atoms with Crippen molar-refractivity contribution in [3.05, 3.63) is 35.4 Å². The van der Waals surface area contributed by atoms with E-state index >= 15 is 0 Å². The van der Waals surface area contributed by atoms with Crippen LogP contribution in [0.2, 0.25) is 0 Å². The fourth-order valence-corrected chi connectivity index (χ4v) is 2.18. The molecular weight excluding hydrogens is 198 g/mol. The molecule has 1 aliphatic heterocycles. The maximum Gasteiger partial charge on any atom is 0.150 e. The number of likely N-dealkylation sites (tertiary alicyclic amines) is 1. The summed E-state index contributed by atoms with van der Waals surface area (Å²) in [6.07, 6.45) is 3.52. The first-order chi connectivity index (χ1) is 7.78. The molecule has 0 aromatic heterocycles. The van der Waals surface area contributed by atoms with Crippen molar-refractivity contribution >= 4 is 6.29 Å². The number of hydrogen-bond acceptors (Lipinski definition) is 2. The number of nitrogens with zero attached hydrogens (tertiary/aromatic N) is 1. The van der Waals surface area contributed by atoms with Crippen molar-refractivity contribution in [2.45, 2.75) is 26.3 Å². The van der Waals surface area contributed by atoms with E-state index in [0.717, 1.165) is 24.3 Å². The van der Waals surface area contributed by atoms with Gasteiger partial charge in [0.25, 0.3) is 0 Å². The van der Waals surface area contributed by atoms with Crippen molar-refractivity contribution in [1.82, 2.24) is 4.90 Å². The minimum atomic E-state index is 0.760. The third kappa shape index (κ3) is 2.92. The minimum Gasteiger partial charge on any atom is -0.299 e. The van der Waals surface area contributed by atoms with Gasteiger partial charge in [-0.3, -0.25) is 9.69 Å². The summed E-state index contributed by atoms with van der Waals surface area (Å²) in [6.45, 7) is 5.76. The van der Waals surface area contributed by atoms with Crippen molar-refractivity contribution < 1.29 is 4.79 Å². The minimum absolute atomic E-state index is 0.760. The molecule has 1 aliphatic rings. The summed E-state index contributed by atoms with van der Waals surface area (Å²) < 4.78 is 0. The second kappa shape index (κ2) is 5.26. The molecular formula is C14H19NO. The molecule has 1 saturated heterocycles. The summed E-state index contributed by atoms with van der Waals surface area (Å²) >= 11 is 0. The molecule has 86 valence electrons. The zero-order chi connectivity index (χ0) is 11.4. The third-order valence-electron chi connectivity index (χ3n) is 3.40. The second-order valence-electron chi connectivity index (χ2n) is 4.82. The summed E-state index contributed by atoms with van der Waals surface area (Å²) in [5.41, 5.74) is 2.07. The SMILES string of the molecule is CC1CCN(Cc2ccc(C=O)cc2)CC1. The number of carbonyl (C=O) groups excluding carboxylic acids is 1. The van der Waals surface area contributed by atoms with Crippen molar-refractivity contribution in [2.24, 2.45) is 5.92 Å². The second-order valence-corrected chi connectivity index (χ2v) is 4.82. The maximum absolute atomic E-state index is 10.5. The Morgan fingerprint density at radius 1 is 1.25 bits per heavy atom. The number of hydrogen-bond donors (Lipinski definition) is 0. The molecule has 1 heterocycles. The highest BCUT2D eigenvalue weighted by atomic mass is 16.1. The molecule has 0 atom stereocenters. The fraction of sp³-hybridized carbons (Fsp3) is 0.500. The highest BCUT2D eigenvalue weighted by Crippen LogP contribution is 2.18. The smallest absolute Gasteiger partial charge is 0.150 e. The van der Waals surface area contributed by atoms with Gasteiger partial charge in [0, 0.05) is 12.1 Å². The van der Waals surface area contributed by atoms with Crippen molar-refractivity contribution in [3.63, 3.8) is 0 Å². The van der Waals surface area contributed by atoms with Gasteiger partial charge in [0.05, 0.1) is 0 Å². The van der Waals surface area contributed by atoms with Gasteiger partial charge >= 0.3 is 0 Å². The molecule has 2 rings (SSSR count). The molecule has 1 fully saturated rings. The predicted octanol–water partition coefficient (Wildman–Crippen LogP) is 2.73. The van der Waals surface area contributed by atoms with Gasteiger partial charge in [-0.1, -0.05) is 31.2 Å². The molecule has 1 aromatic carbocycles. The van der Waals surface area contributed by atoms with Crippen LogP contribution in [0.3, 0.4) is 0 Å². The Morgan fingerprint density at radius 2 is 1.88 bits per heavy atom. The van der Waals surface area contributed by atoms with Crippen LogP contribution in [0.25, 0.3) is 0 Å². The molecule has 0 bridgehead atoms. The Hall–Kier alpha value is -1.15.